The van der Waals surface area contributed by atoms with Crippen molar-refractivity contribution in [1.29, 1.82) is 0 Å². The summed E-state index contributed by atoms with van der Waals surface area (Å²) in [5.41, 5.74) is 12.5. The van der Waals surface area contributed by atoms with Crippen LogP contribution in [-0.2, 0) is 6.54 Å². The normalized spacial score (nSPS) is 10.7. The predicted molar refractivity (Wildman–Crippen MR) is 123 cm³/mol. The van der Waals surface area contributed by atoms with E-state index in [1.54, 1.807) is 48.2 Å². The molecule has 0 unspecified atom stereocenters. The summed E-state index contributed by atoms with van der Waals surface area (Å²) < 4.78 is 7.15. The third-order valence-corrected chi connectivity index (χ3v) is 5.89. The van der Waals surface area contributed by atoms with Crippen LogP contribution in [0.3, 0.4) is 0 Å². The minimum absolute atomic E-state index is 0.327. The Balaban J connectivity index is 1.84. The lowest BCUT2D eigenvalue weighted by molar-refractivity contribution is 0.0706. The number of benzene rings is 2. The van der Waals surface area contributed by atoms with Crippen LogP contribution < -0.4 is 16.0 Å². The first-order chi connectivity index (χ1) is 15.5. The van der Waals surface area contributed by atoms with Gasteiger partial charge < -0.3 is 15.0 Å². The number of carbonyl (C=O) groups is 2. The molecule has 0 aliphatic heterocycles. The minimum atomic E-state index is -0.589. The molecule has 8 heteroatoms. The van der Waals surface area contributed by atoms with E-state index < -0.39 is 11.8 Å². The zero-order valence-corrected chi connectivity index (χ0v) is 18.1. The van der Waals surface area contributed by atoms with E-state index in [0.717, 1.165) is 33.7 Å². The average Bonchev–Trinajstić information content (AvgIpc) is 3.47. The number of hydroxylamine groups is 1. The molecule has 0 saturated carbocycles. The summed E-state index contributed by atoms with van der Waals surface area (Å²) in [5.74, 6) is -0.381. The quantitative estimate of drug-likeness (QED) is 0.292. The SMILES string of the molecule is COc1ccc(-c2cc(-c3ccsc3)c(C(N)=O)n2Cc2ccc(C(=O)NO)cc2)cc1. The fraction of sp³-hybridized carbons (Fsp3) is 0.0833. The van der Waals surface area contributed by atoms with Crippen molar-refractivity contribution in [3.8, 4) is 28.1 Å². The highest BCUT2D eigenvalue weighted by Gasteiger charge is 2.22. The van der Waals surface area contributed by atoms with Gasteiger partial charge in [0.1, 0.15) is 11.4 Å². The lowest BCUT2D eigenvalue weighted by atomic mass is 10.1. The number of hydrogen-bond acceptors (Lipinski definition) is 5. The number of hydrogen-bond donors (Lipinski definition) is 3. The van der Waals surface area contributed by atoms with Gasteiger partial charge in [0.15, 0.2) is 0 Å². The van der Waals surface area contributed by atoms with E-state index in [4.69, 9.17) is 15.7 Å². The van der Waals surface area contributed by atoms with Gasteiger partial charge in [-0.15, -0.1) is 0 Å². The highest BCUT2D eigenvalue weighted by molar-refractivity contribution is 7.08. The van der Waals surface area contributed by atoms with Crippen LogP contribution in [0.1, 0.15) is 26.4 Å². The van der Waals surface area contributed by atoms with Gasteiger partial charge in [-0.05, 0) is 76.0 Å². The monoisotopic (exact) mass is 447 g/mol. The van der Waals surface area contributed by atoms with Crippen LogP contribution >= 0.6 is 11.3 Å². The van der Waals surface area contributed by atoms with Crippen molar-refractivity contribution in [2.24, 2.45) is 5.73 Å². The van der Waals surface area contributed by atoms with Crippen molar-refractivity contribution in [2.45, 2.75) is 6.54 Å². The number of nitrogens with two attached hydrogens (primary N) is 1. The molecule has 0 fully saturated rings. The Morgan fingerprint density at radius 1 is 1.06 bits per heavy atom. The Hall–Kier alpha value is -3.88. The molecule has 0 aliphatic carbocycles. The summed E-state index contributed by atoms with van der Waals surface area (Å²) in [5, 5.41) is 12.8. The van der Waals surface area contributed by atoms with Gasteiger partial charge in [0.2, 0.25) is 0 Å². The molecular weight excluding hydrogens is 426 g/mol. The molecule has 0 bridgehead atoms. The van der Waals surface area contributed by atoms with Crippen molar-refractivity contribution in [3.05, 3.63) is 88.2 Å². The third-order valence-electron chi connectivity index (χ3n) is 5.21. The largest absolute Gasteiger partial charge is 0.497 e. The van der Waals surface area contributed by atoms with Gasteiger partial charge in [-0.2, -0.15) is 11.3 Å². The molecule has 32 heavy (non-hydrogen) atoms. The average molecular weight is 448 g/mol. The Bertz CT molecular complexity index is 1240. The van der Waals surface area contributed by atoms with Gasteiger partial charge in [-0.1, -0.05) is 12.1 Å². The van der Waals surface area contributed by atoms with Crippen LogP contribution in [0.4, 0.5) is 0 Å². The van der Waals surface area contributed by atoms with Crippen molar-refractivity contribution in [2.75, 3.05) is 7.11 Å². The van der Waals surface area contributed by atoms with Crippen molar-refractivity contribution < 1.29 is 19.5 Å². The van der Waals surface area contributed by atoms with E-state index in [0.29, 0.717) is 17.8 Å². The minimum Gasteiger partial charge on any atom is -0.497 e. The van der Waals surface area contributed by atoms with Crippen LogP contribution in [-0.4, -0.2) is 28.7 Å². The number of nitrogens with zero attached hydrogens (tertiary/aromatic N) is 1. The number of carbonyl (C=O) groups excluding carboxylic acids is 2. The first-order valence-corrected chi connectivity index (χ1v) is 10.7. The molecule has 2 amide bonds. The van der Waals surface area contributed by atoms with Gasteiger partial charge >= 0.3 is 0 Å². The lowest BCUT2D eigenvalue weighted by Gasteiger charge is -2.14. The molecule has 0 atom stereocenters. The number of methoxy groups -OCH3 is 1. The first-order valence-electron chi connectivity index (χ1n) is 9.75. The molecule has 2 heterocycles. The number of amides is 2. The summed E-state index contributed by atoms with van der Waals surface area (Å²) >= 11 is 1.54. The maximum atomic E-state index is 12.6. The zero-order valence-electron chi connectivity index (χ0n) is 17.2. The number of rotatable bonds is 7. The fourth-order valence-corrected chi connectivity index (χ4v) is 4.28. The van der Waals surface area contributed by atoms with Crippen molar-refractivity contribution in [3.63, 3.8) is 0 Å². The second-order valence-electron chi connectivity index (χ2n) is 7.12. The summed E-state index contributed by atoms with van der Waals surface area (Å²) in [6.07, 6.45) is 0. The predicted octanol–water partition coefficient (Wildman–Crippen LogP) is 4.16. The molecule has 2 aromatic carbocycles. The lowest BCUT2D eigenvalue weighted by Crippen LogP contribution is -2.19. The fourth-order valence-electron chi connectivity index (χ4n) is 3.63. The molecule has 0 saturated heterocycles. The van der Waals surface area contributed by atoms with Crippen LogP contribution in [0.5, 0.6) is 5.75 Å². The highest BCUT2D eigenvalue weighted by Crippen LogP contribution is 2.35. The van der Waals surface area contributed by atoms with E-state index in [2.05, 4.69) is 0 Å². The topological polar surface area (TPSA) is 107 Å². The van der Waals surface area contributed by atoms with Crippen molar-refractivity contribution >= 4 is 23.2 Å². The van der Waals surface area contributed by atoms with E-state index in [-0.39, 0.29) is 0 Å². The summed E-state index contributed by atoms with van der Waals surface area (Å²) in [7, 11) is 1.61. The van der Waals surface area contributed by atoms with Crippen LogP contribution in [0, 0.1) is 0 Å². The molecule has 4 aromatic rings. The molecule has 162 valence electrons. The second-order valence-corrected chi connectivity index (χ2v) is 7.90. The Labute approximate surface area is 188 Å². The van der Waals surface area contributed by atoms with Crippen molar-refractivity contribution in [1.82, 2.24) is 10.0 Å². The van der Waals surface area contributed by atoms with Crippen LogP contribution in [0.25, 0.3) is 22.4 Å². The number of nitrogens with one attached hydrogen (secondary N) is 1. The third kappa shape index (κ3) is 4.14. The number of ether oxygens (including phenoxy) is 1. The van der Waals surface area contributed by atoms with Gasteiger partial charge in [0.05, 0.1) is 7.11 Å². The van der Waals surface area contributed by atoms with E-state index >= 15 is 0 Å². The Kier molecular flexibility index (Phi) is 6.07. The van der Waals surface area contributed by atoms with Gasteiger partial charge in [0.25, 0.3) is 11.8 Å². The molecule has 0 aliphatic rings. The zero-order chi connectivity index (χ0) is 22.7. The summed E-state index contributed by atoms with van der Waals surface area (Å²) in [6.45, 7) is 0.366. The summed E-state index contributed by atoms with van der Waals surface area (Å²) in [6, 6.07) is 18.3. The van der Waals surface area contributed by atoms with Gasteiger partial charge in [0, 0.05) is 23.4 Å². The van der Waals surface area contributed by atoms with Gasteiger partial charge in [-0.25, -0.2) is 5.48 Å². The second kappa shape index (κ2) is 9.09. The molecule has 0 radical (unpaired) electrons. The smallest absolute Gasteiger partial charge is 0.274 e. The van der Waals surface area contributed by atoms with Crippen LogP contribution in [0.15, 0.2) is 71.4 Å². The summed E-state index contributed by atoms with van der Waals surface area (Å²) in [4.78, 5) is 24.2. The standard InChI is InChI=1S/C24H21N3O4S/c1-31-19-8-6-16(7-9-19)21-12-20(18-10-11-32-14-18)22(23(25)28)27(21)13-15-2-4-17(5-3-15)24(29)26-30/h2-12,14,30H,13H2,1H3,(H2,25,28)(H,26,29). The molecule has 7 nitrogen and oxygen atoms in total. The Morgan fingerprint density at radius 3 is 2.34 bits per heavy atom. The number of aromatic nitrogens is 1. The first kappa shape index (κ1) is 21.4. The van der Waals surface area contributed by atoms with Gasteiger partial charge in [-0.3, -0.25) is 14.8 Å². The number of thiophene rings is 1. The number of primary amides is 1. The maximum absolute atomic E-state index is 12.6. The van der Waals surface area contributed by atoms with E-state index in [1.165, 1.54) is 0 Å². The molecule has 4 N–H and O–H groups in total. The van der Waals surface area contributed by atoms with E-state index in [9.17, 15) is 9.59 Å². The Morgan fingerprint density at radius 2 is 1.78 bits per heavy atom. The molecular formula is C24H21N3O4S. The van der Waals surface area contributed by atoms with E-state index in [1.807, 2.05) is 51.7 Å². The molecule has 0 spiro atoms. The highest BCUT2D eigenvalue weighted by atomic mass is 32.1. The molecule has 4 rings (SSSR count). The molecule has 2 aromatic heterocycles. The maximum Gasteiger partial charge on any atom is 0.274 e. The van der Waals surface area contributed by atoms with Crippen LogP contribution in [0.2, 0.25) is 0 Å².